The van der Waals surface area contributed by atoms with Gasteiger partial charge in [0.15, 0.2) is 0 Å². The molecule has 1 aromatic rings. The van der Waals surface area contributed by atoms with Crippen LogP contribution >= 0.6 is 0 Å². The summed E-state index contributed by atoms with van der Waals surface area (Å²) in [5.41, 5.74) is 0. The standard InChI is InChI=1S/C11H14O3/c12-9-1-3-10(4-2-9)14-11-5-7-13-8-6-11/h1-4,11-12H,5-8H2. The van der Waals surface area contributed by atoms with E-state index in [1.54, 1.807) is 24.3 Å². The van der Waals surface area contributed by atoms with Gasteiger partial charge in [-0.15, -0.1) is 0 Å². The summed E-state index contributed by atoms with van der Waals surface area (Å²) in [6.45, 7) is 1.56. The predicted molar refractivity (Wildman–Crippen MR) is 52.6 cm³/mol. The molecular weight excluding hydrogens is 180 g/mol. The molecule has 2 rings (SSSR count). The van der Waals surface area contributed by atoms with Crippen LogP contribution in [-0.4, -0.2) is 24.4 Å². The SMILES string of the molecule is Oc1ccc(OC2CCOCC2)cc1. The molecular formula is C11H14O3. The topological polar surface area (TPSA) is 38.7 Å². The second kappa shape index (κ2) is 4.33. The molecule has 3 nitrogen and oxygen atoms in total. The summed E-state index contributed by atoms with van der Waals surface area (Å²) in [5, 5.41) is 9.09. The van der Waals surface area contributed by atoms with Crippen molar-refractivity contribution in [1.82, 2.24) is 0 Å². The third kappa shape index (κ3) is 2.39. The zero-order valence-corrected chi connectivity index (χ0v) is 7.98. The molecule has 1 saturated heterocycles. The van der Waals surface area contributed by atoms with E-state index in [4.69, 9.17) is 14.6 Å². The van der Waals surface area contributed by atoms with Gasteiger partial charge >= 0.3 is 0 Å². The van der Waals surface area contributed by atoms with Crippen molar-refractivity contribution >= 4 is 0 Å². The normalized spacial score (nSPS) is 18.0. The molecule has 0 unspecified atom stereocenters. The fourth-order valence-corrected chi connectivity index (χ4v) is 1.51. The molecule has 0 atom stereocenters. The number of benzene rings is 1. The number of hydrogen-bond acceptors (Lipinski definition) is 3. The Balaban J connectivity index is 1.92. The van der Waals surface area contributed by atoms with Gasteiger partial charge in [-0.3, -0.25) is 0 Å². The van der Waals surface area contributed by atoms with Crippen LogP contribution in [-0.2, 0) is 4.74 Å². The number of phenolic OH excluding ortho intramolecular Hbond substituents is 1. The molecule has 0 saturated carbocycles. The average Bonchev–Trinajstić information content (AvgIpc) is 2.23. The highest BCUT2D eigenvalue weighted by atomic mass is 16.5. The second-order valence-corrected chi connectivity index (χ2v) is 3.42. The van der Waals surface area contributed by atoms with Gasteiger partial charge in [0, 0.05) is 12.8 Å². The summed E-state index contributed by atoms with van der Waals surface area (Å²) in [4.78, 5) is 0. The third-order valence-electron chi connectivity index (χ3n) is 2.31. The van der Waals surface area contributed by atoms with Crippen LogP contribution < -0.4 is 4.74 Å². The van der Waals surface area contributed by atoms with Gasteiger partial charge in [-0.2, -0.15) is 0 Å². The summed E-state index contributed by atoms with van der Waals surface area (Å²) in [6, 6.07) is 6.83. The summed E-state index contributed by atoms with van der Waals surface area (Å²) >= 11 is 0. The second-order valence-electron chi connectivity index (χ2n) is 3.42. The molecule has 1 aromatic carbocycles. The summed E-state index contributed by atoms with van der Waals surface area (Å²) in [7, 11) is 0. The lowest BCUT2D eigenvalue weighted by molar-refractivity contribution is 0.0255. The molecule has 1 N–H and O–H groups in total. The lowest BCUT2D eigenvalue weighted by atomic mass is 10.1. The Kier molecular flexibility index (Phi) is 2.89. The molecule has 0 spiro atoms. The summed E-state index contributed by atoms with van der Waals surface area (Å²) in [6.07, 6.45) is 2.15. The summed E-state index contributed by atoms with van der Waals surface area (Å²) in [5.74, 6) is 1.08. The van der Waals surface area contributed by atoms with Gasteiger partial charge in [-0.05, 0) is 24.3 Å². The molecule has 0 bridgehead atoms. The first-order valence-corrected chi connectivity index (χ1v) is 4.88. The average molecular weight is 194 g/mol. The van der Waals surface area contributed by atoms with Crippen molar-refractivity contribution in [1.29, 1.82) is 0 Å². The number of aromatic hydroxyl groups is 1. The molecule has 1 aliphatic heterocycles. The van der Waals surface area contributed by atoms with Crippen LogP contribution in [0.3, 0.4) is 0 Å². The van der Waals surface area contributed by atoms with Gasteiger partial charge in [0.05, 0.1) is 13.2 Å². The van der Waals surface area contributed by atoms with Gasteiger partial charge in [0.2, 0.25) is 0 Å². The van der Waals surface area contributed by atoms with Crippen molar-refractivity contribution in [3.63, 3.8) is 0 Å². The first-order chi connectivity index (χ1) is 6.84. The highest BCUT2D eigenvalue weighted by molar-refractivity contribution is 5.30. The molecule has 3 heteroatoms. The zero-order valence-electron chi connectivity index (χ0n) is 7.98. The Morgan fingerprint density at radius 2 is 1.79 bits per heavy atom. The lowest BCUT2D eigenvalue weighted by Crippen LogP contribution is -2.25. The van der Waals surface area contributed by atoms with Crippen LogP contribution in [0.4, 0.5) is 0 Å². The Bertz CT molecular complexity index is 275. The summed E-state index contributed by atoms with van der Waals surface area (Å²) < 4.78 is 11.0. The van der Waals surface area contributed by atoms with E-state index < -0.39 is 0 Å². The van der Waals surface area contributed by atoms with E-state index in [-0.39, 0.29) is 11.9 Å². The smallest absolute Gasteiger partial charge is 0.119 e. The van der Waals surface area contributed by atoms with Crippen LogP contribution in [0.2, 0.25) is 0 Å². The highest BCUT2D eigenvalue weighted by Gasteiger charge is 2.14. The molecule has 1 fully saturated rings. The van der Waals surface area contributed by atoms with Crippen molar-refractivity contribution in [2.24, 2.45) is 0 Å². The van der Waals surface area contributed by atoms with Gasteiger partial charge in [-0.25, -0.2) is 0 Å². The Hall–Kier alpha value is -1.22. The Labute approximate surface area is 83.3 Å². The van der Waals surface area contributed by atoms with Crippen LogP contribution in [0.1, 0.15) is 12.8 Å². The van der Waals surface area contributed by atoms with Crippen molar-refractivity contribution < 1.29 is 14.6 Å². The number of rotatable bonds is 2. The van der Waals surface area contributed by atoms with E-state index in [0.717, 1.165) is 31.8 Å². The molecule has 0 aliphatic carbocycles. The monoisotopic (exact) mass is 194 g/mol. The molecule has 0 radical (unpaired) electrons. The Morgan fingerprint density at radius 1 is 1.14 bits per heavy atom. The van der Waals surface area contributed by atoms with Crippen molar-refractivity contribution in [2.75, 3.05) is 13.2 Å². The van der Waals surface area contributed by atoms with Gasteiger partial charge < -0.3 is 14.6 Å². The Morgan fingerprint density at radius 3 is 2.43 bits per heavy atom. The predicted octanol–water partition coefficient (Wildman–Crippen LogP) is 1.95. The van der Waals surface area contributed by atoms with Crippen molar-refractivity contribution in [3.8, 4) is 11.5 Å². The molecule has 0 amide bonds. The van der Waals surface area contributed by atoms with Gasteiger partial charge in [0.1, 0.15) is 17.6 Å². The van der Waals surface area contributed by atoms with E-state index in [1.807, 2.05) is 0 Å². The highest BCUT2D eigenvalue weighted by Crippen LogP contribution is 2.20. The van der Waals surface area contributed by atoms with E-state index >= 15 is 0 Å². The fraction of sp³-hybridized carbons (Fsp3) is 0.455. The lowest BCUT2D eigenvalue weighted by Gasteiger charge is -2.23. The van der Waals surface area contributed by atoms with Gasteiger partial charge in [-0.1, -0.05) is 0 Å². The number of hydrogen-bond donors (Lipinski definition) is 1. The maximum atomic E-state index is 9.09. The van der Waals surface area contributed by atoms with Crippen LogP contribution in [0.25, 0.3) is 0 Å². The fourth-order valence-electron chi connectivity index (χ4n) is 1.51. The maximum absolute atomic E-state index is 9.09. The molecule has 76 valence electrons. The van der Waals surface area contributed by atoms with Crippen LogP contribution in [0, 0.1) is 0 Å². The minimum absolute atomic E-state index is 0.258. The number of phenols is 1. The maximum Gasteiger partial charge on any atom is 0.119 e. The first kappa shape index (κ1) is 9.34. The molecule has 0 aromatic heterocycles. The first-order valence-electron chi connectivity index (χ1n) is 4.88. The van der Waals surface area contributed by atoms with E-state index in [0.29, 0.717) is 0 Å². The minimum Gasteiger partial charge on any atom is -0.508 e. The third-order valence-corrected chi connectivity index (χ3v) is 2.31. The van der Waals surface area contributed by atoms with Gasteiger partial charge in [0.25, 0.3) is 0 Å². The van der Waals surface area contributed by atoms with E-state index in [1.165, 1.54) is 0 Å². The van der Waals surface area contributed by atoms with E-state index in [9.17, 15) is 0 Å². The quantitative estimate of drug-likeness (QED) is 0.782. The number of ether oxygens (including phenoxy) is 2. The van der Waals surface area contributed by atoms with Crippen molar-refractivity contribution in [2.45, 2.75) is 18.9 Å². The molecule has 1 heterocycles. The largest absolute Gasteiger partial charge is 0.508 e. The van der Waals surface area contributed by atoms with Crippen LogP contribution in [0.15, 0.2) is 24.3 Å². The molecule has 1 aliphatic rings. The van der Waals surface area contributed by atoms with E-state index in [2.05, 4.69) is 0 Å². The van der Waals surface area contributed by atoms with Crippen molar-refractivity contribution in [3.05, 3.63) is 24.3 Å². The minimum atomic E-state index is 0.258. The zero-order chi connectivity index (χ0) is 9.80. The molecule has 14 heavy (non-hydrogen) atoms. The van der Waals surface area contributed by atoms with Crippen LogP contribution in [0.5, 0.6) is 11.5 Å².